The lowest BCUT2D eigenvalue weighted by Crippen LogP contribution is -2.34. The number of hydrogen-bond donors (Lipinski definition) is 2. The maximum atomic E-state index is 14.3. The topological polar surface area (TPSA) is 74.6 Å². The number of benzene rings is 2. The maximum absolute atomic E-state index is 14.3. The predicted octanol–water partition coefficient (Wildman–Crippen LogP) is 5.66. The number of anilines is 2. The minimum Gasteiger partial charge on any atom is -0.469 e. The molecule has 0 spiro atoms. The third kappa shape index (κ3) is 4.30. The van der Waals surface area contributed by atoms with Crippen LogP contribution in [0.5, 0.6) is 0 Å². The number of halogens is 1. The number of nitrogens with one attached hydrogen (secondary N) is 2. The first-order valence-corrected chi connectivity index (χ1v) is 10.2. The largest absolute Gasteiger partial charge is 0.469 e. The molecule has 0 saturated carbocycles. The van der Waals surface area contributed by atoms with Crippen LogP contribution in [0.25, 0.3) is 0 Å². The molecule has 0 aliphatic carbocycles. The first-order valence-electron chi connectivity index (χ1n) is 10.2. The third-order valence-electron chi connectivity index (χ3n) is 5.63. The number of carbonyl (C=O) groups is 2. The quantitative estimate of drug-likeness (QED) is 0.571. The van der Waals surface area contributed by atoms with Gasteiger partial charge in [-0.25, -0.2) is 9.18 Å². The first-order chi connectivity index (χ1) is 14.9. The molecule has 160 valence electrons. The van der Waals surface area contributed by atoms with Crippen molar-refractivity contribution in [2.75, 3.05) is 17.2 Å². The second kappa shape index (κ2) is 8.63. The molecule has 1 saturated heterocycles. The van der Waals surface area contributed by atoms with Crippen molar-refractivity contribution in [1.82, 2.24) is 4.90 Å². The molecule has 6 nitrogen and oxygen atoms in total. The molecule has 0 bridgehead atoms. The van der Waals surface area contributed by atoms with Gasteiger partial charge in [-0.2, -0.15) is 0 Å². The second-order valence-electron chi connectivity index (χ2n) is 7.68. The fourth-order valence-corrected chi connectivity index (χ4v) is 4.00. The van der Waals surface area contributed by atoms with Crippen molar-refractivity contribution < 1.29 is 18.4 Å². The third-order valence-corrected chi connectivity index (χ3v) is 5.63. The SMILES string of the molecule is Cc1ccccc1C1CCCN1C(=O)Nc1ccc(F)c(NC(=O)c2ccoc2C)c1. The standard InChI is InChI=1S/C24H24FN3O3/c1-15-6-3-4-7-18(15)22-8-5-12-28(22)24(30)26-17-9-10-20(25)21(14-17)27-23(29)19-11-13-31-16(19)2/h3-4,6-7,9-11,13-14,22H,5,8,12H2,1-2H3,(H,26,30)(H,27,29). The van der Waals surface area contributed by atoms with Gasteiger partial charge in [0, 0.05) is 12.2 Å². The van der Waals surface area contributed by atoms with E-state index >= 15 is 0 Å². The highest BCUT2D eigenvalue weighted by molar-refractivity contribution is 6.05. The van der Waals surface area contributed by atoms with E-state index in [0.717, 1.165) is 24.0 Å². The molecule has 3 aromatic rings. The Labute approximate surface area is 180 Å². The molecule has 0 radical (unpaired) electrons. The van der Waals surface area contributed by atoms with E-state index in [0.29, 0.717) is 23.6 Å². The van der Waals surface area contributed by atoms with Crippen LogP contribution in [0.4, 0.5) is 20.6 Å². The predicted molar refractivity (Wildman–Crippen MR) is 117 cm³/mol. The fourth-order valence-electron chi connectivity index (χ4n) is 4.00. The van der Waals surface area contributed by atoms with Crippen LogP contribution in [0, 0.1) is 19.7 Å². The molecule has 1 aliphatic heterocycles. The van der Waals surface area contributed by atoms with Crippen LogP contribution in [0.3, 0.4) is 0 Å². The average Bonchev–Trinajstić information content (AvgIpc) is 3.40. The van der Waals surface area contributed by atoms with E-state index in [2.05, 4.69) is 16.7 Å². The molecule has 4 rings (SSSR count). The van der Waals surface area contributed by atoms with E-state index in [1.54, 1.807) is 11.8 Å². The molecule has 1 atom stereocenters. The lowest BCUT2D eigenvalue weighted by Gasteiger charge is -2.26. The van der Waals surface area contributed by atoms with Gasteiger partial charge in [-0.1, -0.05) is 24.3 Å². The van der Waals surface area contributed by atoms with E-state index in [1.807, 2.05) is 25.1 Å². The Morgan fingerprint density at radius 2 is 1.90 bits per heavy atom. The maximum Gasteiger partial charge on any atom is 0.322 e. The summed E-state index contributed by atoms with van der Waals surface area (Å²) >= 11 is 0. The Balaban J connectivity index is 1.50. The number of furan rings is 1. The molecule has 2 N–H and O–H groups in total. The van der Waals surface area contributed by atoms with Gasteiger partial charge in [-0.05, 0) is 62.1 Å². The molecule has 1 fully saturated rings. The van der Waals surface area contributed by atoms with Crippen LogP contribution < -0.4 is 10.6 Å². The van der Waals surface area contributed by atoms with Crippen LogP contribution in [0.2, 0.25) is 0 Å². The summed E-state index contributed by atoms with van der Waals surface area (Å²) in [4.78, 5) is 27.2. The first kappa shape index (κ1) is 20.7. The van der Waals surface area contributed by atoms with Crippen molar-refractivity contribution in [3.63, 3.8) is 0 Å². The Kier molecular flexibility index (Phi) is 5.75. The summed E-state index contributed by atoms with van der Waals surface area (Å²) in [6.45, 7) is 4.35. The Morgan fingerprint density at radius 1 is 1.10 bits per heavy atom. The molecule has 1 unspecified atom stereocenters. The van der Waals surface area contributed by atoms with Gasteiger partial charge in [-0.3, -0.25) is 4.79 Å². The van der Waals surface area contributed by atoms with E-state index in [9.17, 15) is 14.0 Å². The smallest absolute Gasteiger partial charge is 0.322 e. The van der Waals surface area contributed by atoms with Gasteiger partial charge >= 0.3 is 6.03 Å². The van der Waals surface area contributed by atoms with E-state index < -0.39 is 11.7 Å². The number of rotatable bonds is 4. The summed E-state index contributed by atoms with van der Waals surface area (Å²) in [5.41, 5.74) is 3.00. The van der Waals surface area contributed by atoms with E-state index in [1.165, 1.54) is 30.5 Å². The lowest BCUT2D eigenvalue weighted by molar-refractivity contribution is 0.102. The van der Waals surface area contributed by atoms with Crippen molar-refractivity contribution in [2.45, 2.75) is 32.7 Å². The van der Waals surface area contributed by atoms with Crippen molar-refractivity contribution >= 4 is 23.3 Å². The number of amides is 3. The minimum absolute atomic E-state index is 0.00453. The van der Waals surface area contributed by atoms with Gasteiger partial charge in [-0.15, -0.1) is 0 Å². The van der Waals surface area contributed by atoms with Crippen molar-refractivity contribution in [3.05, 3.63) is 83.1 Å². The summed E-state index contributed by atoms with van der Waals surface area (Å²) in [7, 11) is 0. The molecular weight excluding hydrogens is 397 g/mol. The van der Waals surface area contributed by atoms with Gasteiger partial charge in [0.2, 0.25) is 0 Å². The van der Waals surface area contributed by atoms with Gasteiger partial charge in [0.15, 0.2) is 0 Å². The summed E-state index contributed by atoms with van der Waals surface area (Å²) in [6, 6.07) is 13.4. The van der Waals surface area contributed by atoms with Crippen LogP contribution in [0.15, 0.2) is 59.2 Å². The zero-order valence-corrected chi connectivity index (χ0v) is 17.4. The zero-order chi connectivity index (χ0) is 22.0. The lowest BCUT2D eigenvalue weighted by atomic mass is 9.99. The van der Waals surface area contributed by atoms with Crippen molar-refractivity contribution in [3.8, 4) is 0 Å². The Morgan fingerprint density at radius 3 is 2.65 bits per heavy atom. The van der Waals surface area contributed by atoms with Crippen LogP contribution in [0.1, 0.15) is 46.1 Å². The highest BCUT2D eigenvalue weighted by atomic mass is 19.1. The minimum atomic E-state index is -0.591. The van der Waals surface area contributed by atoms with Gasteiger partial charge < -0.3 is 20.0 Å². The van der Waals surface area contributed by atoms with Crippen molar-refractivity contribution in [1.29, 1.82) is 0 Å². The van der Waals surface area contributed by atoms with Crippen LogP contribution in [-0.4, -0.2) is 23.4 Å². The Bertz CT molecular complexity index is 1120. The number of urea groups is 1. The van der Waals surface area contributed by atoms with Gasteiger partial charge in [0.25, 0.3) is 5.91 Å². The monoisotopic (exact) mass is 421 g/mol. The summed E-state index contributed by atoms with van der Waals surface area (Å²) in [5.74, 6) is -0.627. The fraction of sp³-hybridized carbons (Fsp3) is 0.250. The molecular formula is C24H24FN3O3. The van der Waals surface area contributed by atoms with Crippen LogP contribution in [-0.2, 0) is 0 Å². The molecule has 2 heterocycles. The molecule has 7 heteroatoms. The summed E-state index contributed by atoms with van der Waals surface area (Å²) in [6.07, 6.45) is 3.21. The molecule has 2 aromatic carbocycles. The number of carbonyl (C=O) groups excluding carboxylic acids is 2. The van der Waals surface area contributed by atoms with Gasteiger partial charge in [0.05, 0.1) is 23.6 Å². The zero-order valence-electron chi connectivity index (χ0n) is 17.4. The highest BCUT2D eigenvalue weighted by Gasteiger charge is 2.31. The van der Waals surface area contributed by atoms with Gasteiger partial charge in [0.1, 0.15) is 11.6 Å². The van der Waals surface area contributed by atoms with E-state index in [4.69, 9.17) is 4.42 Å². The average molecular weight is 421 g/mol. The van der Waals surface area contributed by atoms with E-state index in [-0.39, 0.29) is 17.8 Å². The number of hydrogen-bond acceptors (Lipinski definition) is 3. The second-order valence-corrected chi connectivity index (χ2v) is 7.68. The normalized spacial score (nSPS) is 15.7. The molecule has 31 heavy (non-hydrogen) atoms. The number of aryl methyl sites for hydroxylation is 2. The highest BCUT2D eigenvalue weighted by Crippen LogP contribution is 2.34. The Hall–Kier alpha value is -3.61. The van der Waals surface area contributed by atoms with Crippen LogP contribution >= 0.6 is 0 Å². The number of likely N-dealkylation sites (tertiary alicyclic amines) is 1. The number of nitrogens with zero attached hydrogens (tertiary/aromatic N) is 1. The molecule has 1 aliphatic rings. The summed E-state index contributed by atoms with van der Waals surface area (Å²) in [5, 5.41) is 5.38. The molecule has 3 amide bonds. The summed E-state index contributed by atoms with van der Waals surface area (Å²) < 4.78 is 19.4. The molecule has 1 aromatic heterocycles. The van der Waals surface area contributed by atoms with Crippen molar-refractivity contribution in [2.24, 2.45) is 0 Å².